The van der Waals surface area contributed by atoms with Gasteiger partial charge in [0.05, 0.1) is 38.9 Å². The number of rotatable bonds is 7. The van der Waals surface area contributed by atoms with Crippen LogP contribution in [0.2, 0.25) is 0 Å². The van der Waals surface area contributed by atoms with Gasteiger partial charge >= 0.3 is 0 Å². The topological polar surface area (TPSA) is 94.2 Å². The summed E-state index contributed by atoms with van der Waals surface area (Å²) < 4.78 is 16.4. The summed E-state index contributed by atoms with van der Waals surface area (Å²) in [5, 5.41) is 3.07. The van der Waals surface area contributed by atoms with E-state index in [1.807, 2.05) is 65.7 Å². The van der Waals surface area contributed by atoms with Crippen molar-refractivity contribution in [2.75, 3.05) is 26.6 Å². The number of Topliss-reactive ketones (excluding diaryl/α,β-unsaturated/α-hetero) is 2. The van der Waals surface area contributed by atoms with Gasteiger partial charge in [-0.25, -0.2) is 0 Å². The van der Waals surface area contributed by atoms with Crippen molar-refractivity contribution in [2.45, 2.75) is 17.5 Å². The van der Waals surface area contributed by atoms with Crippen molar-refractivity contribution >= 4 is 29.2 Å². The van der Waals surface area contributed by atoms with Crippen molar-refractivity contribution in [3.05, 3.63) is 125 Å². The second kappa shape index (κ2) is 10.4. The largest absolute Gasteiger partial charge is 0.497 e. The second-order valence-electron chi connectivity index (χ2n) is 11.1. The van der Waals surface area contributed by atoms with Crippen molar-refractivity contribution in [1.82, 2.24) is 4.90 Å². The lowest BCUT2D eigenvalue weighted by Gasteiger charge is -2.38. The van der Waals surface area contributed by atoms with E-state index in [0.717, 1.165) is 11.1 Å². The minimum absolute atomic E-state index is 0.263. The highest BCUT2D eigenvalue weighted by Gasteiger charge is 2.70. The molecule has 0 saturated carbocycles. The predicted octanol–water partition coefficient (Wildman–Crippen LogP) is 5.69. The summed E-state index contributed by atoms with van der Waals surface area (Å²) in [4.78, 5) is 46.4. The highest BCUT2D eigenvalue weighted by Crippen LogP contribution is 2.62. The van der Waals surface area contributed by atoms with Crippen LogP contribution in [0.4, 0.5) is 5.69 Å². The Morgan fingerprint density at radius 2 is 1.50 bits per heavy atom. The summed E-state index contributed by atoms with van der Waals surface area (Å²) in [6.45, 7) is 0. The van der Waals surface area contributed by atoms with Crippen molar-refractivity contribution in [3.63, 3.8) is 0 Å². The van der Waals surface area contributed by atoms with E-state index in [4.69, 9.17) is 14.2 Å². The van der Waals surface area contributed by atoms with Crippen LogP contribution in [0.1, 0.15) is 43.4 Å². The Balaban J connectivity index is 1.52. The zero-order chi connectivity index (χ0) is 30.6. The Bertz CT molecular complexity index is 1850. The fraction of sp³-hybridized carbons (Fsp3) is 0.194. The molecule has 1 N–H and O–H groups in total. The van der Waals surface area contributed by atoms with Crippen LogP contribution in [0.15, 0.2) is 97.2 Å². The SMILES string of the molecule is COc1ccc(C(=O)[C@@H]2[C@H](C(=O)c3ccc(OC)cc3OC)[C@@]3(C(=O)Nc4ccccc43)[C@H]3c4ccccc4C=CN23)cc1. The number of ketones is 2. The van der Waals surface area contributed by atoms with Gasteiger partial charge in [0.15, 0.2) is 11.6 Å². The Kier molecular flexibility index (Phi) is 6.50. The molecule has 3 aliphatic heterocycles. The molecule has 44 heavy (non-hydrogen) atoms. The Hall–Kier alpha value is -5.37. The number of para-hydroxylation sites is 1. The molecule has 0 bridgehead atoms. The molecule has 1 spiro atoms. The fourth-order valence-corrected chi connectivity index (χ4v) is 7.26. The van der Waals surface area contributed by atoms with Gasteiger partial charge in [-0.15, -0.1) is 0 Å². The molecular weight excluding hydrogens is 556 g/mol. The van der Waals surface area contributed by atoms with Crippen molar-refractivity contribution < 1.29 is 28.6 Å². The first kappa shape index (κ1) is 27.5. The number of methoxy groups -OCH3 is 3. The maximum absolute atomic E-state index is 15.1. The van der Waals surface area contributed by atoms with Crippen LogP contribution in [0.3, 0.4) is 0 Å². The first-order valence-electron chi connectivity index (χ1n) is 14.3. The molecule has 3 aliphatic rings. The van der Waals surface area contributed by atoms with E-state index < -0.39 is 23.4 Å². The number of carbonyl (C=O) groups excluding carboxylic acids is 3. The van der Waals surface area contributed by atoms with Gasteiger partial charge in [0.2, 0.25) is 5.91 Å². The lowest BCUT2D eigenvalue weighted by molar-refractivity contribution is -0.122. The van der Waals surface area contributed by atoms with E-state index in [2.05, 4.69) is 5.32 Å². The molecule has 1 saturated heterocycles. The molecule has 7 rings (SSSR count). The molecule has 3 heterocycles. The van der Waals surface area contributed by atoms with Crippen molar-refractivity contribution in [1.29, 1.82) is 0 Å². The lowest BCUT2D eigenvalue weighted by Crippen LogP contribution is -2.49. The first-order valence-corrected chi connectivity index (χ1v) is 14.3. The van der Waals surface area contributed by atoms with Gasteiger partial charge in [0.1, 0.15) is 28.7 Å². The summed E-state index contributed by atoms with van der Waals surface area (Å²) in [6.07, 6.45) is 3.79. The van der Waals surface area contributed by atoms with E-state index in [0.29, 0.717) is 34.1 Å². The fourth-order valence-electron chi connectivity index (χ4n) is 7.26. The number of hydrogen-bond donors (Lipinski definition) is 1. The zero-order valence-corrected chi connectivity index (χ0v) is 24.4. The van der Waals surface area contributed by atoms with E-state index in [9.17, 15) is 9.59 Å². The molecule has 220 valence electrons. The van der Waals surface area contributed by atoms with E-state index in [1.54, 1.807) is 49.6 Å². The average Bonchev–Trinajstić information content (AvgIpc) is 3.55. The van der Waals surface area contributed by atoms with Crippen LogP contribution in [0, 0.1) is 5.92 Å². The summed E-state index contributed by atoms with van der Waals surface area (Å²) in [7, 11) is 4.58. The molecule has 4 aromatic rings. The van der Waals surface area contributed by atoms with Crippen LogP contribution in [0.25, 0.3) is 6.08 Å². The van der Waals surface area contributed by atoms with Crippen molar-refractivity contribution in [3.8, 4) is 17.2 Å². The zero-order valence-electron chi connectivity index (χ0n) is 24.4. The number of carbonyl (C=O) groups is 3. The summed E-state index contributed by atoms with van der Waals surface area (Å²) in [5.74, 6) is -0.673. The van der Waals surface area contributed by atoms with Gasteiger partial charge in [-0.1, -0.05) is 42.5 Å². The summed E-state index contributed by atoms with van der Waals surface area (Å²) in [5.41, 5.74) is 2.33. The molecule has 4 aromatic carbocycles. The minimum atomic E-state index is -1.44. The van der Waals surface area contributed by atoms with Crippen molar-refractivity contribution in [2.24, 2.45) is 5.92 Å². The molecule has 8 nitrogen and oxygen atoms in total. The first-order chi connectivity index (χ1) is 21.4. The van der Waals surface area contributed by atoms with Crippen LogP contribution in [-0.4, -0.2) is 49.7 Å². The maximum Gasteiger partial charge on any atom is 0.238 e. The van der Waals surface area contributed by atoms with Gasteiger partial charge in [-0.3, -0.25) is 14.4 Å². The van der Waals surface area contributed by atoms with E-state index in [1.165, 1.54) is 14.2 Å². The Morgan fingerprint density at radius 1 is 0.795 bits per heavy atom. The number of ether oxygens (including phenoxy) is 3. The maximum atomic E-state index is 15.1. The van der Waals surface area contributed by atoms with Gasteiger partial charge in [0, 0.05) is 23.5 Å². The molecule has 4 atom stereocenters. The Labute approximate surface area is 254 Å². The highest BCUT2D eigenvalue weighted by molar-refractivity contribution is 6.17. The molecule has 0 aromatic heterocycles. The summed E-state index contributed by atoms with van der Waals surface area (Å²) in [6, 6.07) is 25.4. The van der Waals surface area contributed by atoms with Gasteiger partial charge < -0.3 is 24.4 Å². The monoisotopic (exact) mass is 586 g/mol. The molecule has 0 radical (unpaired) electrons. The van der Waals surface area contributed by atoms with Crippen LogP contribution in [-0.2, 0) is 10.2 Å². The lowest BCUT2D eigenvalue weighted by atomic mass is 9.62. The normalized spacial score (nSPS) is 22.6. The third kappa shape index (κ3) is 3.80. The molecule has 1 fully saturated rings. The summed E-state index contributed by atoms with van der Waals surface area (Å²) >= 11 is 0. The average molecular weight is 587 g/mol. The molecule has 0 aliphatic carbocycles. The minimum Gasteiger partial charge on any atom is -0.497 e. The predicted molar refractivity (Wildman–Crippen MR) is 165 cm³/mol. The smallest absolute Gasteiger partial charge is 0.238 e. The highest BCUT2D eigenvalue weighted by atomic mass is 16.5. The third-order valence-corrected chi connectivity index (χ3v) is 9.17. The standard InChI is InChI=1S/C36H30N2O6/c1-42-23-14-12-22(13-15-23)32(39)31-30(33(40)26-17-16-24(43-2)20-29(26)44-3)36(27-10-6-7-11-28(27)37-35(36)41)34-25-9-5-4-8-21(25)18-19-38(31)34/h4-20,30-31,34H,1-3H3,(H,37,41)/t30-,31+,34-,36-/m1/s1. The molecular formula is C36H30N2O6. The molecule has 0 unspecified atom stereocenters. The molecule has 8 heteroatoms. The Morgan fingerprint density at radius 3 is 2.25 bits per heavy atom. The number of hydrogen-bond acceptors (Lipinski definition) is 7. The van der Waals surface area contributed by atoms with Gasteiger partial charge in [0.25, 0.3) is 0 Å². The number of anilines is 1. The number of amides is 1. The van der Waals surface area contributed by atoms with Crippen LogP contribution in [0.5, 0.6) is 17.2 Å². The number of nitrogens with zero attached hydrogens (tertiary/aromatic N) is 1. The van der Waals surface area contributed by atoms with E-state index >= 15 is 4.79 Å². The molecule has 1 amide bonds. The van der Waals surface area contributed by atoms with Crippen LogP contribution < -0.4 is 19.5 Å². The number of nitrogens with one attached hydrogen (secondary N) is 1. The number of fused-ring (bicyclic) bond motifs is 6. The second-order valence-corrected chi connectivity index (χ2v) is 11.1. The van der Waals surface area contributed by atoms with Gasteiger partial charge in [-0.2, -0.15) is 0 Å². The van der Waals surface area contributed by atoms with Gasteiger partial charge in [-0.05, 0) is 65.2 Å². The van der Waals surface area contributed by atoms with Crippen LogP contribution >= 0.6 is 0 Å². The van der Waals surface area contributed by atoms with E-state index in [-0.39, 0.29) is 23.0 Å². The third-order valence-electron chi connectivity index (χ3n) is 9.17. The quantitative estimate of drug-likeness (QED) is 0.278. The number of benzene rings is 4.